The quantitative estimate of drug-likeness (QED) is 0.882. The van der Waals surface area contributed by atoms with Crippen molar-refractivity contribution in [2.75, 3.05) is 0 Å². The molecule has 0 aromatic heterocycles. The summed E-state index contributed by atoms with van der Waals surface area (Å²) in [4.78, 5) is 11.1. The molecule has 1 N–H and O–H groups in total. The molecule has 0 fully saturated rings. The summed E-state index contributed by atoms with van der Waals surface area (Å²) >= 11 is 0. The van der Waals surface area contributed by atoms with Crippen LogP contribution >= 0.6 is 0 Å². The molecule has 0 spiro atoms. The van der Waals surface area contributed by atoms with E-state index in [4.69, 9.17) is 9.84 Å². The van der Waals surface area contributed by atoms with Crippen molar-refractivity contribution >= 4 is 5.97 Å². The highest BCUT2D eigenvalue weighted by Gasteiger charge is 2.12. The first-order valence-corrected chi connectivity index (χ1v) is 7.46. The van der Waals surface area contributed by atoms with Crippen molar-refractivity contribution in [3.63, 3.8) is 0 Å². The Morgan fingerprint density at radius 1 is 1.09 bits per heavy atom. The predicted octanol–water partition coefficient (Wildman–Crippen LogP) is 4.79. The van der Waals surface area contributed by atoms with Crippen LogP contribution in [-0.4, -0.2) is 16.7 Å². The van der Waals surface area contributed by atoms with E-state index in [0.717, 1.165) is 28.9 Å². The van der Waals surface area contributed by atoms with E-state index in [-0.39, 0.29) is 5.60 Å². The summed E-state index contributed by atoms with van der Waals surface area (Å²) < 4.78 is 5.82. The number of carboxylic acid groups (broad SMARTS) is 1. The Bertz CT molecular complexity index is 664. The Hall–Kier alpha value is -2.29. The predicted molar refractivity (Wildman–Crippen MR) is 88.6 cm³/mol. The zero-order chi connectivity index (χ0) is 16.3. The molecule has 0 atom stereocenters. The van der Waals surface area contributed by atoms with Gasteiger partial charge in [0.2, 0.25) is 0 Å². The van der Waals surface area contributed by atoms with E-state index < -0.39 is 5.97 Å². The lowest BCUT2D eigenvalue weighted by atomic mass is 9.96. The van der Waals surface area contributed by atoms with Crippen molar-refractivity contribution in [2.24, 2.45) is 0 Å². The first-order valence-electron chi connectivity index (χ1n) is 7.46. The fraction of sp³-hybridized carbons (Fsp3) is 0.316. The maximum Gasteiger partial charge on any atom is 0.335 e. The Labute approximate surface area is 131 Å². The summed E-state index contributed by atoms with van der Waals surface area (Å²) in [5, 5.41) is 9.09. The van der Waals surface area contributed by atoms with E-state index in [0.29, 0.717) is 5.56 Å². The number of aryl methyl sites for hydroxylation is 1. The topological polar surface area (TPSA) is 46.5 Å². The third-order valence-electron chi connectivity index (χ3n) is 3.32. The Balaban J connectivity index is 2.34. The van der Waals surface area contributed by atoms with Crippen molar-refractivity contribution in [3.05, 3.63) is 53.6 Å². The van der Waals surface area contributed by atoms with Gasteiger partial charge in [-0.1, -0.05) is 25.1 Å². The van der Waals surface area contributed by atoms with Crippen molar-refractivity contribution in [3.8, 4) is 16.9 Å². The van der Waals surface area contributed by atoms with Crippen LogP contribution in [0.1, 0.15) is 43.6 Å². The molecule has 0 aliphatic rings. The lowest BCUT2D eigenvalue weighted by Crippen LogP contribution is -2.22. The van der Waals surface area contributed by atoms with Crippen LogP contribution in [0.3, 0.4) is 0 Å². The molecule has 0 bridgehead atoms. The summed E-state index contributed by atoms with van der Waals surface area (Å²) in [6.07, 6.45) is 0.788. The highest BCUT2D eigenvalue weighted by molar-refractivity contribution is 5.89. The molecule has 22 heavy (non-hydrogen) atoms. The molecule has 0 amide bonds. The summed E-state index contributed by atoms with van der Waals surface area (Å²) in [5.41, 5.74) is 3.27. The molecule has 0 saturated heterocycles. The fourth-order valence-corrected chi connectivity index (χ4v) is 2.36. The average molecular weight is 298 g/mol. The molecule has 3 nitrogen and oxygen atoms in total. The van der Waals surface area contributed by atoms with E-state index in [2.05, 4.69) is 0 Å². The van der Waals surface area contributed by atoms with Crippen molar-refractivity contribution in [2.45, 2.75) is 39.7 Å². The van der Waals surface area contributed by atoms with E-state index in [9.17, 15) is 4.79 Å². The number of benzene rings is 2. The monoisotopic (exact) mass is 298 g/mol. The van der Waals surface area contributed by atoms with Crippen LogP contribution < -0.4 is 4.74 Å². The molecule has 2 aromatic rings. The second-order valence-electron chi connectivity index (χ2n) is 6.27. The number of ether oxygens (including phenoxy) is 1. The molecule has 0 aliphatic heterocycles. The van der Waals surface area contributed by atoms with Gasteiger partial charge in [-0.2, -0.15) is 0 Å². The highest BCUT2D eigenvalue weighted by atomic mass is 16.5. The third-order valence-corrected chi connectivity index (χ3v) is 3.32. The van der Waals surface area contributed by atoms with E-state index >= 15 is 0 Å². The molecule has 2 aromatic carbocycles. The SMILES string of the molecule is CCc1cc(C(=O)O)ccc1-c1ccc(OC(C)(C)C)cc1. The van der Waals surface area contributed by atoms with Crippen LogP contribution in [0, 0.1) is 0 Å². The number of aromatic carboxylic acids is 1. The van der Waals surface area contributed by atoms with Gasteiger partial charge in [0.05, 0.1) is 5.56 Å². The molecule has 0 unspecified atom stereocenters. The molecule has 0 aliphatic carbocycles. The highest BCUT2D eigenvalue weighted by Crippen LogP contribution is 2.28. The van der Waals surface area contributed by atoms with Gasteiger partial charge in [-0.05, 0) is 68.1 Å². The van der Waals surface area contributed by atoms with Gasteiger partial charge >= 0.3 is 5.97 Å². The molecule has 116 valence electrons. The van der Waals surface area contributed by atoms with Gasteiger partial charge < -0.3 is 9.84 Å². The van der Waals surface area contributed by atoms with Crippen molar-refractivity contribution in [1.29, 1.82) is 0 Å². The number of hydrogen-bond acceptors (Lipinski definition) is 2. The summed E-state index contributed by atoms with van der Waals surface area (Å²) in [7, 11) is 0. The van der Waals surface area contributed by atoms with Gasteiger partial charge in [0.1, 0.15) is 11.4 Å². The summed E-state index contributed by atoms with van der Waals surface area (Å²) in [6, 6.07) is 13.2. The third kappa shape index (κ3) is 3.88. The van der Waals surface area contributed by atoms with Crippen LogP contribution in [0.5, 0.6) is 5.75 Å². The van der Waals surface area contributed by atoms with Crippen LogP contribution in [0.4, 0.5) is 0 Å². The summed E-state index contributed by atoms with van der Waals surface area (Å²) in [5.74, 6) is -0.0633. The molecular weight excluding hydrogens is 276 g/mol. The largest absolute Gasteiger partial charge is 0.488 e. The van der Waals surface area contributed by atoms with Gasteiger partial charge in [-0.3, -0.25) is 0 Å². The summed E-state index contributed by atoms with van der Waals surface area (Å²) in [6.45, 7) is 8.07. The maximum absolute atomic E-state index is 11.1. The van der Waals surface area contributed by atoms with Gasteiger partial charge in [0.15, 0.2) is 0 Å². The van der Waals surface area contributed by atoms with Gasteiger partial charge in [0.25, 0.3) is 0 Å². The Morgan fingerprint density at radius 3 is 2.23 bits per heavy atom. The van der Waals surface area contributed by atoms with E-state index in [1.54, 1.807) is 12.1 Å². The van der Waals surface area contributed by atoms with Crippen molar-refractivity contribution < 1.29 is 14.6 Å². The zero-order valence-corrected chi connectivity index (χ0v) is 13.5. The second-order valence-corrected chi connectivity index (χ2v) is 6.27. The number of carboxylic acids is 1. The first kappa shape index (κ1) is 16.1. The number of rotatable bonds is 4. The molecule has 3 heteroatoms. The van der Waals surface area contributed by atoms with Gasteiger partial charge in [0, 0.05) is 0 Å². The lowest BCUT2D eigenvalue weighted by molar-refractivity contribution is 0.0696. The van der Waals surface area contributed by atoms with Crippen molar-refractivity contribution in [1.82, 2.24) is 0 Å². The minimum absolute atomic E-state index is 0.223. The molecule has 0 heterocycles. The normalized spacial score (nSPS) is 11.3. The zero-order valence-electron chi connectivity index (χ0n) is 13.5. The van der Waals surface area contributed by atoms with E-state index in [1.165, 1.54) is 0 Å². The maximum atomic E-state index is 11.1. The van der Waals surface area contributed by atoms with Crippen LogP contribution in [0.15, 0.2) is 42.5 Å². The molecule has 0 radical (unpaired) electrons. The van der Waals surface area contributed by atoms with Gasteiger partial charge in [-0.15, -0.1) is 0 Å². The van der Waals surface area contributed by atoms with Crippen LogP contribution in [0.2, 0.25) is 0 Å². The molecule has 0 saturated carbocycles. The fourth-order valence-electron chi connectivity index (χ4n) is 2.36. The smallest absolute Gasteiger partial charge is 0.335 e. The molecule has 2 rings (SSSR count). The Kier molecular flexibility index (Phi) is 4.55. The lowest BCUT2D eigenvalue weighted by Gasteiger charge is -2.21. The van der Waals surface area contributed by atoms with Crippen LogP contribution in [0.25, 0.3) is 11.1 Å². The second kappa shape index (κ2) is 6.22. The van der Waals surface area contributed by atoms with Crippen LogP contribution in [-0.2, 0) is 6.42 Å². The minimum atomic E-state index is -0.893. The molecular formula is C19H22O3. The minimum Gasteiger partial charge on any atom is -0.488 e. The number of hydrogen-bond donors (Lipinski definition) is 1. The number of carbonyl (C=O) groups is 1. The Morgan fingerprint density at radius 2 is 1.73 bits per heavy atom. The first-order chi connectivity index (χ1) is 10.3. The van der Waals surface area contributed by atoms with E-state index in [1.807, 2.05) is 58.0 Å². The average Bonchev–Trinajstić information content (AvgIpc) is 2.45. The standard InChI is InChI=1S/C19H22O3/c1-5-13-12-15(18(20)21)8-11-17(13)14-6-9-16(10-7-14)22-19(2,3)4/h6-12H,5H2,1-4H3,(H,20,21). The van der Waals surface area contributed by atoms with Gasteiger partial charge in [-0.25, -0.2) is 4.79 Å².